The highest BCUT2D eigenvalue weighted by Gasteiger charge is 2.26. The van der Waals surface area contributed by atoms with Gasteiger partial charge in [-0.2, -0.15) is 0 Å². The maximum atomic E-state index is 11.3. The van der Waals surface area contributed by atoms with Gasteiger partial charge >= 0.3 is 0 Å². The first kappa shape index (κ1) is 11.4. The molecule has 0 rings (SSSR count). The molecule has 3 N–H and O–H groups in total. The van der Waals surface area contributed by atoms with Gasteiger partial charge in [-0.1, -0.05) is 27.7 Å². The third-order valence-electron chi connectivity index (χ3n) is 1.76. The smallest absolute Gasteiger partial charge is 0.237 e. The molecule has 0 unspecified atom stereocenters. The molecule has 0 saturated carbocycles. The van der Waals surface area contributed by atoms with E-state index >= 15 is 0 Å². The Hall–Kier alpha value is -0.570. The zero-order chi connectivity index (χ0) is 9.78. The summed E-state index contributed by atoms with van der Waals surface area (Å²) >= 11 is 0. The summed E-state index contributed by atoms with van der Waals surface area (Å²) in [6.07, 6.45) is 0.947. The molecule has 0 aromatic heterocycles. The van der Waals surface area contributed by atoms with E-state index in [1.54, 1.807) is 0 Å². The normalized spacial score (nSPS) is 14.1. The van der Waals surface area contributed by atoms with Crippen LogP contribution in [0, 0.1) is 5.41 Å². The molecule has 0 saturated heterocycles. The molecule has 0 aliphatic heterocycles. The molecule has 72 valence electrons. The predicted molar refractivity (Wildman–Crippen MR) is 50.7 cm³/mol. The van der Waals surface area contributed by atoms with Crippen LogP contribution in [0.15, 0.2) is 0 Å². The van der Waals surface area contributed by atoms with Crippen LogP contribution in [0.3, 0.4) is 0 Å². The van der Waals surface area contributed by atoms with Gasteiger partial charge in [-0.15, -0.1) is 0 Å². The average molecular weight is 172 g/mol. The topological polar surface area (TPSA) is 55.1 Å². The average Bonchev–Trinajstić information content (AvgIpc) is 1.97. The number of nitrogens with one attached hydrogen (secondary N) is 1. The quantitative estimate of drug-likeness (QED) is 0.664. The number of carbonyl (C=O) groups is 1. The lowest BCUT2D eigenvalue weighted by molar-refractivity contribution is -0.124. The van der Waals surface area contributed by atoms with Crippen LogP contribution in [0.1, 0.15) is 34.1 Å². The Morgan fingerprint density at radius 3 is 2.33 bits per heavy atom. The van der Waals surface area contributed by atoms with Gasteiger partial charge in [0, 0.05) is 6.54 Å². The molecule has 0 spiro atoms. The Balaban J connectivity index is 3.94. The number of hydrogen-bond acceptors (Lipinski definition) is 2. The number of nitrogens with two attached hydrogens (primary N) is 1. The highest BCUT2D eigenvalue weighted by atomic mass is 16.2. The lowest BCUT2D eigenvalue weighted by Gasteiger charge is -2.25. The van der Waals surface area contributed by atoms with Gasteiger partial charge in [0.15, 0.2) is 0 Å². The number of rotatable bonds is 3. The van der Waals surface area contributed by atoms with Crippen molar-refractivity contribution in [1.82, 2.24) is 5.32 Å². The summed E-state index contributed by atoms with van der Waals surface area (Å²) in [6.45, 7) is 8.61. The van der Waals surface area contributed by atoms with Crippen LogP contribution in [-0.4, -0.2) is 18.5 Å². The van der Waals surface area contributed by atoms with E-state index < -0.39 is 6.04 Å². The third-order valence-corrected chi connectivity index (χ3v) is 1.76. The molecule has 12 heavy (non-hydrogen) atoms. The van der Waals surface area contributed by atoms with E-state index in [0.29, 0.717) is 6.54 Å². The highest BCUT2D eigenvalue weighted by molar-refractivity contribution is 5.82. The zero-order valence-electron chi connectivity index (χ0n) is 8.48. The van der Waals surface area contributed by atoms with Gasteiger partial charge in [-0.05, 0) is 11.8 Å². The second-order valence-electron chi connectivity index (χ2n) is 4.13. The molecule has 3 heteroatoms. The summed E-state index contributed by atoms with van der Waals surface area (Å²) in [5.74, 6) is -0.0515. The van der Waals surface area contributed by atoms with E-state index in [-0.39, 0.29) is 11.3 Å². The van der Waals surface area contributed by atoms with Crippen LogP contribution in [0.4, 0.5) is 0 Å². The molecule has 1 atom stereocenters. The summed E-state index contributed by atoms with van der Waals surface area (Å²) in [5, 5.41) is 2.77. The molecule has 0 aliphatic rings. The largest absolute Gasteiger partial charge is 0.355 e. The van der Waals surface area contributed by atoms with Crippen LogP contribution in [0.2, 0.25) is 0 Å². The lowest BCUT2D eigenvalue weighted by Crippen LogP contribution is -2.48. The Morgan fingerprint density at radius 1 is 1.50 bits per heavy atom. The molecule has 0 fully saturated rings. The first-order valence-electron chi connectivity index (χ1n) is 4.43. The van der Waals surface area contributed by atoms with E-state index in [2.05, 4.69) is 5.32 Å². The fourth-order valence-corrected chi connectivity index (χ4v) is 0.751. The van der Waals surface area contributed by atoms with E-state index in [0.717, 1.165) is 6.42 Å². The van der Waals surface area contributed by atoms with Crippen molar-refractivity contribution in [1.29, 1.82) is 0 Å². The van der Waals surface area contributed by atoms with Crippen LogP contribution in [0.5, 0.6) is 0 Å². The van der Waals surface area contributed by atoms with Crippen molar-refractivity contribution in [3.8, 4) is 0 Å². The molecule has 3 nitrogen and oxygen atoms in total. The van der Waals surface area contributed by atoms with Gasteiger partial charge in [0.05, 0.1) is 6.04 Å². The van der Waals surface area contributed by atoms with Gasteiger partial charge in [-0.3, -0.25) is 4.79 Å². The van der Waals surface area contributed by atoms with Gasteiger partial charge in [0.1, 0.15) is 0 Å². The highest BCUT2D eigenvalue weighted by Crippen LogP contribution is 2.16. The third kappa shape index (κ3) is 3.72. The number of amides is 1. The molecule has 0 radical (unpaired) electrons. The van der Waals surface area contributed by atoms with E-state index in [4.69, 9.17) is 5.73 Å². The van der Waals surface area contributed by atoms with Gasteiger partial charge in [0.2, 0.25) is 5.91 Å². The summed E-state index contributed by atoms with van der Waals surface area (Å²) in [6, 6.07) is -0.413. The minimum Gasteiger partial charge on any atom is -0.355 e. The standard InChI is InChI=1S/C9H20N2O/c1-5-6-11-8(12)7(10)9(2,3)4/h7H,5-6,10H2,1-4H3,(H,11,12)/t7-/m1/s1. The Labute approximate surface area is 74.7 Å². The second-order valence-corrected chi connectivity index (χ2v) is 4.13. The van der Waals surface area contributed by atoms with Crippen molar-refractivity contribution in [2.24, 2.45) is 11.1 Å². The minimum atomic E-state index is -0.413. The summed E-state index contributed by atoms with van der Waals surface area (Å²) in [5.41, 5.74) is 5.57. The van der Waals surface area contributed by atoms with Crippen molar-refractivity contribution in [2.45, 2.75) is 40.2 Å². The fraction of sp³-hybridized carbons (Fsp3) is 0.889. The summed E-state index contributed by atoms with van der Waals surface area (Å²) in [4.78, 5) is 11.3. The van der Waals surface area contributed by atoms with E-state index in [9.17, 15) is 4.79 Å². The van der Waals surface area contributed by atoms with Gasteiger partial charge < -0.3 is 11.1 Å². The molecule has 1 amide bonds. The SMILES string of the molecule is CCCNC(=O)[C@@H](N)C(C)(C)C. The van der Waals surface area contributed by atoms with Gasteiger partial charge in [-0.25, -0.2) is 0 Å². The predicted octanol–water partition coefficient (Wildman–Crippen LogP) is 0.886. The molecule has 0 bridgehead atoms. The van der Waals surface area contributed by atoms with Crippen molar-refractivity contribution in [2.75, 3.05) is 6.54 Å². The Bertz CT molecular complexity index is 149. The van der Waals surface area contributed by atoms with Crippen molar-refractivity contribution in [3.63, 3.8) is 0 Å². The monoisotopic (exact) mass is 172 g/mol. The van der Waals surface area contributed by atoms with E-state index in [1.165, 1.54) is 0 Å². The maximum absolute atomic E-state index is 11.3. The number of hydrogen-bond donors (Lipinski definition) is 2. The lowest BCUT2D eigenvalue weighted by atomic mass is 9.87. The molecular weight excluding hydrogens is 152 g/mol. The molecule has 0 heterocycles. The molecule has 0 aromatic carbocycles. The molecule has 0 aliphatic carbocycles. The van der Waals surface area contributed by atoms with Crippen molar-refractivity contribution < 1.29 is 4.79 Å². The van der Waals surface area contributed by atoms with Crippen LogP contribution in [0.25, 0.3) is 0 Å². The van der Waals surface area contributed by atoms with Crippen molar-refractivity contribution >= 4 is 5.91 Å². The van der Waals surface area contributed by atoms with Gasteiger partial charge in [0.25, 0.3) is 0 Å². The second kappa shape index (κ2) is 4.45. The summed E-state index contributed by atoms with van der Waals surface area (Å²) < 4.78 is 0. The van der Waals surface area contributed by atoms with E-state index in [1.807, 2.05) is 27.7 Å². The van der Waals surface area contributed by atoms with Crippen molar-refractivity contribution in [3.05, 3.63) is 0 Å². The van der Waals surface area contributed by atoms with Crippen LogP contribution in [-0.2, 0) is 4.79 Å². The first-order valence-corrected chi connectivity index (χ1v) is 4.43. The summed E-state index contributed by atoms with van der Waals surface area (Å²) in [7, 11) is 0. The Kier molecular flexibility index (Phi) is 4.24. The zero-order valence-corrected chi connectivity index (χ0v) is 8.48. The van der Waals surface area contributed by atoms with Crippen LogP contribution < -0.4 is 11.1 Å². The molecular formula is C9H20N2O. The Morgan fingerprint density at radius 2 is 2.00 bits per heavy atom. The maximum Gasteiger partial charge on any atom is 0.237 e. The first-order chi connectivity index (χ1) is 5.39. The van der Waals surface area contributed by atoms with Crippen LogP contribution >= 0.6 is 0 Å². The molecule has 0 aromatic rings. The number of carbonyl (C=O) groups excluding carboxylic acids is 1. The minimum absolute atomic E-state index is 0.0515. The fourth-order valence-electron chi connectivity index (χ4n) is 0.751.